The Bertz CT molecular complexity index is 715. The predicted octanol–water partition coefficient (Wildman–Crippen LogP) is 2.20. The van der Waals surface area contributed by atoms with E-state index in [1.807, 2.05) is 0 Å². The van der Waals surface area contributed by atoms with Crippen molar-refractivity contribution in [2.75, 3.05) is 17.1 Å². The van der Waals surface area contributed by atoms with Crippen molar-refractivity contribution in [3.05, 3.63) is 48.2 Å². The minimum atomic E-state index is -4.05. The van der Waals surface area contributed by atoms with E-state index >= 15 is 0 Å². The molecule has 106 valence electrons. The van der Waals surface area contributed by atoms with E-state index in [9.17, 15) is 17.2 Å². The van der Waals surface area contributed by atoms with Crippen LogP contribution >= 0.6 is 0 Å². The van der Waals surface area contributed by atoms with Crippen LogP contribution in [0, 0.1) is 11.6 Å². The molecular formula is C12H11F2N3O2S. The number of sulfonamides is 1. The van der Waals surface area contributed by atoms with Gasteiger partial charge in [0.15, 0.2) is 5.03 Å². The molecule has 1 heterocycles. The minimum Gasteiger partial charge on any atom is -0.386 e. The number of pyridine rings is 1. The van der Waals surface area contributed by atoms with E-state index in [4.69, 9.17) is 0 Å². The van der Waals surface area contributed by atoms with Crippen molar-refractivity contribution in [3.8, 4) is 0 Å². The third-order valence-corrected chi connectivity index (χ3v) is 3.75. The number of aromatic nitrogens is 1. The highest BCUT2D eigenvalue weighted by atomic mass is 32.2. The fourth-order valence-corrected chi connectivity index (χ4v) is 2.80. The topological polar surface area (TPSA) is 71.1 Å². The van der Waals surface area contributed by atoms with Gasteiger partial charge in [-0.15, -0.1) is 0 Å². The maximum atomic E-state index is 13.0. The molecule has 2 rings (SSSR count). The number of halogens is 2. The lowest BCUT2D eigenvalue weighted by atomic mass is 10.3. The van der Waals surface area contributed by atoms with Gasteiger partial charge in [-0.25, -0.2) is 13.8 Å². The second-order valence-corrected chi connectivity index (χ2v) is 5.47. The molecule has 0 spiro atoms. The average molecular weight is 299 g/mol. The van der Waals surface area contributed by atoms with E-state index in [0.29, 0.717) is 6.07 Å². The zero-order valence-corrected chi connectivity index (χ0v) is 11.2. The quantitative estimate of drug-likeness (QED) is 0.908. The van der Waals surface area contributed by atoms with E-state index in [2.05, 4.69) is 15.0 Å². The van der Waals surface area contributed by atoms with E-state index in [1.54, 1.807) is 6.07 Å². The molecule has 0 amide bonds. The predicted molar refractivity (Wildman–Crippen MR) is 71.0 cm³/mol. The second-order valence-electron chi connectivity index (χ2n) is 3.87. The maximum absolute atomic E-state index is 13.0. The van der Waals surface area contributed by atoms with Crippen molar-refractivity contribution < 1.29 is 17.2 Å². The van der Waals surface area contributed by atoms with Gasteiger partial charge >= 0.3 is 0 Å². The molecule has 0 aliphatic carbocycles. The summed E-state index contributed by atoms with van der Waals surface area (Å²) in [5, 5.41) is 2.42. The van der Waals surface area contributed by atoms with Crippen LogP contribution in [-0.2, 0) is 10.0 Å². The molecule has 2 aromatic rings. The van der Waals surface area contributed by atoms with Gasteiger partial charge in [0.1, 0.15) is 11.6 Å². The molecule has 0 radical (unpaired) electrons. The lowest BCUT2D eigenvalue weighted by Gasteiger charge is -2.11. The SMILES string of the molecule is CNc1cccnc1S(=O)(=O)Nc1cc(F)cc(F)c1. The van der Waals surface area contributed by atoms with Gasteiger partial charge in [-0.3, -0.25) is 4.72 Å². The van der Waals surface area contributed by atoms with Crippen LogP contribution in [0.5, 0.6) is 0 Å². The van der Waals surface area contributed by atoms with E-state index in [-0.39, 0.29) is 16.4 Å². The number of hydrogen-bond donors (Lipinski definition) is 2. The van der Waals surface area contributed by atoms with Gasteiger partial charge in [-0.2, -0.15) is 8.42 Å². The van der Waals surface area contributed by atoms with Crippen LogP contribution in [0.1, 0.15) is 0 Å². The first kappa shape index (κ1) is 14.2. The Balaban J connectivity index is 2.41. The van der Waals surface area contributed by atoms with Gasteiger partial charge in [-0.05, 0) is 24.3 Å². The Labute approximate surface area is 114 Å². The van der Waals surface area contributed by atoms with Gasteiger partial charge < -0.3 is 5.32 Å². The van der Waals surface area contributed by atoms with E-state index in [0.717, 1.165) is 12.1 Å². The highest BCUT2D eigenvalue weighted by Crippen LogP contribution is 2.21. The number of nitrogens with zero attached hydrogens (tertiary/aromatic N) is 1. The molecule has 0 saturated carbocycles. The van der Waals surface area contributed by atoms with Crippen LogP contribution in [0.15, 0.2) is 41.6 Å². The first-order valence-corrected chi connectivity index (χ1v) is 7.02. The third-order valence-electron chi connectivity index (χ3n) is 2.41. The molecule has 2 N–H and O–H groups in total. The van der Waals surface area contributed by atoms with Gasteiger partial charge in [0.2, 0.25) is 0 Å². The zero-order valence-electron chi connectivity index (χ0n) is 10.4. The highest BCUT2D eigenvalue weighted by Gasteiger charge is 2.20. The summed E-state index contributed by atoms with van der Waals surface area (Å²) in [6.45, 7) is 0. The summed E-state index contributed by atoms with van der Waals surface area (Å²) < 4.78 is 52.5. The lowest BCUT2D eigenvalue weighted by molar-refractivity contribution is 0.584. The van der Waals surface area contributed by atoms with Crippen LogP contribution in [-0.4, -0.2) is 20.4 Å². The maximum Gasteiger partial charge on any atom is 0.281 e. The Hall–Kier alpha value is -2.22. The van der Waals surface area contributed by atoms with Crippen molar-refractivity contribution in [3.63, 3.8) is 0 Å². The second kappa shape index (κ2) is 5.41. The van der Waals surface area contributed by atoms with Crippen LogP contribution in [0.4, 0.5) is 20.2 Å². The van der Waals surface area contributed by atoms with Crippen LogP contribution in [0.3, 0.4) is 0 Å². The van der Waals surface area contributed by atoms with Crippen molar-refractivity contribution in [1.82, 2.24) is 4.98 Å². The largest absolute Gasteiger partial charge is 0.386 e. The first-order valence-electron chi connectivity index (χ1n) is 5.54. The summed E-state index contributed by atoms with van der Waals surface area (Å²) in [6, 6.07) is 5.49. The Kier molecular flexibility index (Phi) is 3.84. The van der Waals surface area contributed by atoms with Crippen molar-refractivity contribution in [2.24, 2.45) is 0 Å². The van der Waals surface area contributed by atoms with Gasteiger partial charge in [0.05, 0.1) is 11.4 Å². The Morgan fingerprint density at radius 1 is 1.15 bits per heavy atom. The number of benzene rings is 1. The normalized spacial score (nSPS) is 11.2. The third kappa shape index (κ3) is 3.02. The number of nitrogens with one attached hydrogen (secondary N) is 2. The monoisotopic (exact) mass is 299 g/mol. The van der Waals surface area contributed by atoms with Gasteiger partial charge in [0, 0.05) is 19.3 Å². The minimum absolute atomic E-state index is 0.213. The van der Waals surface area contributed by atoms with Crippen molar-refractivity contribution in [2.45, 2.75) is 5.03 Å². The molecule has 0 fully saturated rings. The number of anilines is 2. The smallest absolute Gasteiger partial charge is 0.281 e. The fourth-order valence-electron chi connectivity index (χ4n) is 1.61. The summed E-state index contributed by atoms with van der Waals surface area (Å²) in [7, 11) is -2.51. The average Bonchev–Trinajstić information content (AvgIpc) is 2.36. The van der Waals surface area contributed by atoms with Crippen molar-refractivity contribution >= 4 is 21.4 Å². The van der Waals surface area contributed by atoms with Crippen LogP contribution < -0.4 is 10.0 Å². The molecule has 1 aromatic heterocycles. The van der Waals surface area contributed by atoms with E-state index in [1.165, 1.54) is 19.3 Å². The number of rotatable bonds is 4. The van der Waals surface area contributed by atoms with Gasteiger partial charge in [-0.1, -0.05) is 0 Å². The van der Waals surface area contributed by atoms with Gasteiger partial charge in [0.25, 0.3) is 10.0 Å². The molecule has 5 nitrogen and oxygen atoms in total. The molecular weight excluding hydrogens is 288 g/mol. The zero-order chi connectivity index (χ0) is 14.8. The Morgan fingerprint density at radius 2 is 1.80 bits per heavy atom. The molecule has 0 atom stereocenters. The standard InChI is InChI=1S/C12H11F2N3O2S/c1-15-11-3-2-4-16-12(11)20(18,19)17-10-6-8(13)5-9(14)7-10/h2-7,15,17H,1H3. The fraction of sp³-hybridized carbons (Fsp3) is 0.0833. The molecule has 8 heteroatoms. The summed E-state index contributed by atoms with van der Waals surface area (Å²) >= 11 is 0. The van der Waals surface area contributed by atoms with E-state index < -0.39 is 21.7 Å². The van der Waals surface area contributed by atoms with Crippen LogP contribution in [0.25, 0.3) is 0 Å². The molecule has 0 bridgehead atoms. The molecule has 20 heavy (non-hydrogen) atoms. The summed E-state index contributed by atoms with van der Waals surface area (Å²) in [5.41, 5.74) is 0.0621. The molecule has 0 unspecified atom stereocenters. The van der Waals surface area contributed by atoms with Crippen LogP contribution in [0.2, 0.25) is 0 Å². The summed E-state index contributed by atoms with van der Waals surface area (Å²) in [5.74, 6) is -1.75. The first-order chi connectivity index (χ1) is 9.42. The molecule has 1 aromatic carbocycles. The highest BCUT2D eigenvalue weighted by molar-refractivity contribution is 7.92. The van der Waals surface area contributed by atoms with Crippen molar-refractivity contribution in [1.29, 1.82) is 0 Å². The summed E-state index contributed by atoms with van der Waals surface area (Å²) in [4.78, 5) is 3.76. The number of hydrogen-bond acceptors (Lipinski definition) is 4. The lowest BCUT2D eigenvalue weighted by Crippen LogP contribution is -2.16. The Morgan fingerprint density at radius 3 is 2.40 bits per heavy atom. The molecule has 0 aliphatic heterocycles. The summed E-state index contributed by atoms with van der Waals surface area (Å²) in [6.07, 6.45) is 1.31. The molecule has 0 saturated heterocycles. The molecule has 0 aliphatic rings.